The molecule has 1 heterocycles. The van der Waals surface area contributed by atoms with Gasteiger partial charge in [0.15, 0.2) is 0 Å². The van der Waals surface area contributed by atoms with E-state index in [2.05, 4.69) is 17.2 Å². The summed E-state index contributed by atoms with van der Waals surface area (Å²) >= 11 is 0. The predicted octanol–water partition coefficient (Wildman–Crippen LogP) is 0.447. The van der Waals surface area contributed by atoms with Gasteiger partial charge in [-0.3, -0.25) is 4.79 Å². The van der Waals surface area contributed by atoms with Crippen LogP contribution in [0.1, 0.15) is 19.8 Å². The summed E-state index contributed by atoms with van der Waals surface area (Å²) in [4.78, 5) is 11.5. The van der Waals surface area contributed by atoms with Crippen molar-refractivity contribution in [3.8, 4) is 0 Å². The molecule has 4 heteroatoms. The molecule has 0 aromatic carbocycles. The van der Waals surface area contributed by atoms with Crippen molar-refractivity contribution < 1.29 is 9.53 Å². The number of hydrogen-bond acceptors (Lipinski definition) is 3. The van der Waals surface area contributed by atoms with Crippen molar-refractivity contribution in [3.05, 3.63) is 12.7 Å². The van der Waals surface area contributed by atoms with Gasteiger partial charge >= 0.3 is 0 Å². The Kier molecular flexibility index (Phi) is 4.78. The number of carbonyl (C=O) groups is 1. The molecule has 1 amide bonds. The minimum Gasteiger partial charge on any atom is -0.379 e. The van der Waals surface area contributed by atoms with E-state index in [-0.39, 0.29) is 11.4 Å². The third kappa shape index (κ3) is 4.44. The molecule has 0 aromatic rings. The van der Waals surface area contributed by atoms with Gasteiger partial charge in [0.1, 0.15) is 0 Å². The average Bonchev–Trinajstić information content (AvgIpc) is 2.18. The molecule has 1 aliphatic rings. The topological polar surface area (TPSA) is 50.4 Å². The van der Waals surface area contributed by atoms with Crippen molar-refractivity contribution in [1.82, 2.24) is 10.6 Å². The molecule has 0 saturated carbocycles. The lowest BCUT2D eigenvalue weighted by molar-refractivity contribution is -0.123. The quantitative estimate of drug-likeness (QED) is 0.514. The maximum absolute atomic E-state index is 11.5. The molecule has 15 heavy (non-hydrogen) atoms. The number of carbonyl (C=O) groups excluding carboxylic acids is 1. The summed E-state index contributed by atoms with van der Waals surface area (Å²) in [6.45, 7) is 8.00. The Bertz CT molecular complexity index is 223. The summed E-state index contributed by atoms with van der Waals surface area (Å²) in [5.41, 5.74) is -0.189. The van der Waals surface area contributed by atoms with E-state index in [1.54, 1.807) is 6.08 Å². The average molecular weight is 212 g/mol. The number of amides is 1. The molecule has 1 unspecified atom stereocenters. The molecule has 0 aliphatic carbocycles. The van der Waals surface area contributed by atoms with E-state index in [9.17, 15) is 4.79 Å². The maximum Gasteiger partial charge on any atom is 0.234 e. The molecule has 4 nitrogen and oxygen atoms in total. The Morgan fingerprint density at radius 1 is 1.67 bits per heavy atom. The molecule has 1 fully saturated rings. The van der Waals surface area contributed by atoms with Crippen molar-refractivity contribution in [2.24, 2.45) is 0 Å². The Balaban J connectivity index is 2.26. The lowest BCUT2D eigenvalue weighted by Crippen LogP contribution is -2.53. The van der Waals surface area contributed by atoms with Gasteiger partial charge in [0.2, 0.25) is 5.91 Å². The Morgan fingerprint density at radius 3 is 3.07 bits per heavy atom. The monoisotopic (exact) mass is 212 g/mol. The van der Waals surface area contributed by atoms with Crippen LogP contribution in [0.4, 0.5) is 0 Å². The fraction of sp³-hybridized carbons (Fsp3) is 0.727. The van der Waals surface area contributed by atoms with Crippen LogP contribution in [0.5, 0.6) is 0 Å². The Hall–Kier alpha value is -0.870. The van der Waals surface area contributed by atoms with Gasteiger partial charge < -0.3 is 15.4 Å². The molecule has 2 N–H and O–H groups in total. The van der Waals surface area contributed by atoms with Gasteiger partial charge in [-0.25, -0.2) is 0 Å². The van der Waals surface area contributed by atoms with Gasteiger partial charge in [0.25, 0.3) is 0 Å². The summed E-state index contributed by atoms with van der Waals surface area (Å²) < 4.78 is 5.36. The second kappa shape index (κ2) is 5.88. The highest BCUT2D eigenvalue weighted by atomic mass is 16.5. The molecule has 0 radical (unpaired) electrons. The van der Waals surface area contributed by atoms with Crippen LogP contribution in [0.2, 0.25) is 0 Å². The van der Waals surface area contributed by atoms with E-state index < -0.39 is 0 Å². The summed E-state index contributed by atoms with van der Waals surface area (Å²) in [7, 11) is 0. The van der Waals surface area contributed by atoms with E-state index in [4.69, 9.17) is 4.74 Å². The number of rotatable bonds is 5. The van der Waals surface area contributed by atoms with Crippen molar-refractivity contribution in [1.29, 1.82) is 0 Å². The van der Waals surface area contributed by atoms with Crippen molar-refractivity contribution in [2.45, 2.75) is 25.3 Å². The molecular weight excluding hydrogens is 192 g/mol. The van der Waals surface area contributed by atoms with Crippen molar-refractivity contribution in [2.75, 3.05) is 26.3 Å². The van der Waals surface area contributed by atoms with Crippen LogP contribution in [0, 0.1) is 0 Å². The number of hydrogen-bond donors (Lipinski definition) is 2. The minimum atomic E-state index is -0.189. The van der Waals surface area contributed by atoms with Crippen LogP contribution in [0.25, 0.3) is 0 Å². The lowest BCUT2D eigenvalue weighted by atomic mass is 9.95. The number of nitrogens with one attached hydrogen (secondary N) is 2. The Labute approximate surface area is 91.1 Å². The smallest absolute Gasteiger partial charge is 0.234 e. The second-order valence-corrected chi connectivity index (χ2v) is 4.18. The summed E-state index contributed by atoms with van der Waals surface area (Å²) in [5.74, 6) is 0.0184. The van der Waals surface area contributed by atoms with Gasteiger partial charge in [-0.15, -0.1) is 6.58 Å². The second-order valence-electron chi connectivity index (χ2n) is 4.18. The maximum atomic E-state index is 11.5. The fourth-order valence-electron chi connectivity index (χ4n) is 1.70. The first-order valence-corrected chi connectivity index (χ1v) is 5.37. The highest BCUT2D eigenvalue weighted by Gasteiger charge is 2.28. The first kappa shape index (κ1) is 12.2. The van der Waals surface area contributed by atoms with Crippen LogP contribution in [-0.2, 0) is 9.53 Å². The standard InChI is InChI=1S/C11H20N2O2/c1-3-6-12-8-10(14)13-11(2)5-4-7-15-9-11/h3,12H,1,4-9H2,2H3,(H,13,14). The van der Waals surface area contributed by atoms with Gasteiger partial charge in [0, 0.05) is 13.2 Å². The summed E-state index contributed by atoms with van der Waals surface area (Å²) in [6, 6.07) is 0. The molecule has 1 aliphatic heterocycles. The van der Waals surface area contributed by atoms with Crippen LogP contribution in [0.3, 0.4) is 0 Å². The van der Waals surface area contributed by atoms with Gasteiger partial charge in [-0.1, -0.05) is 6.08 Å². The van der Waals surface area contributed by atoms with E-state index in [1.165, 1.54) is 0 Å². The molecule has 0 aromatic heterocycles. The van der Waals surface area contributed by atoms with Crippen LogP contribution in [-0.4, -0.2) is 37.7 Å². The lowest BCUT2D eigenvalue weighted by Gasteiger charge is -2.34. The molecule has 1 atom stereocenters. The van der Waals surface area contributed by atoms with Gasteiger partial charge in [-0.2, -0.15) is 0 Å². The molecule has 0 spiro atoms. The third-order valence-corrected chi connectivity index (χ3v) is 2.45. The number of ether oxygens (including phenoxy) is 1. The zero-order valence-electron chi connectivity index (χ0n) is 9.34. The molecular formula is C11H20N2O2. The van der Waals surface area contributed by atoms with Crippen LogP contribution >= 0.6 is 0 Å². The van der Waals surface area contributed by atoms with Crippen molar-refractivity contribution >= 4 is 5.91 Å². The first-order valence-electron chi connectivity index (χ1n) is 5.37. The van der Waals surface area contributed by atoms with Crippen molar-refractivity contribution in [3.63, 3.8) is 0 Å². The Morgan fingerprint density at radius 2 is 2.47 bits per heavy atom. The molecule has 0 bridgehead atoms. The zero-order valence-corrected chi connectivity index (χ0v) is 9.34. The van der Waals surface area contributed by atoms with Crippen LogP contribution < -0.4 is 10.6 Å². The van der Waals surface area contributed by atoms with E-state index >= 15 is 0 Å². The van der Waals surface area contributed by atoms with Crippen LogP contribution in [0.15, 0.2) is 12.7 Å². The minimum absolute atomic E-state index is 0.0184. The first-order chi connectivity index (χ1) is 7.16. The van der Waals surface area contributed by atoms with E-state index in [0.29, 0.717) is 19.7 Å². The fourth-order valence-corrected chi connectivity index (χ4v) is 1.70. The highest BCUT2D eigenvalue weighted by Crippen LogP contribution is 2.17. The molecule has 1 rings (SSSR count). The van der Waals surface area contributed by atoms with Gasteiger partial charge in [-0.05, 0) is 19.8 Å². The molecule has 86 valence electrons. The summed E-state index contributed by atoms with van der Waals surface area (Å²) in [6.07, 6.45) is 3.73. The summed E-state index contributed by atoms with van der Waals surface area (Å²) in [5, 5.41) is 5.96. The molecule has 1 saturated heterocycles. The van der Waals surface area contributed by atoms with Gasteiger partial charge in [0.05, 0.1) is 18.7 Å². The highest BCUT2D eigenvalue weighted by molar-refractivity contribution is 5.78. The normalized spacial score (nSPS) is 25.9. The predicted molar refractivity (Wildman–Crippen MR) is 59.7 cm³/mol. The van der Waals surface area contributed by atoms with E-state index in [1.807, 2.05) is 6.92 Å². The third-order valence-electron chi connectivity index (χ3n) is 2.45. The largest absolute Gasteiger partial charge is 0.379 e. The SMILES string of the molecule is C=CCNCC(=O)NC1(C)CCCOC1. The zero-order chi connectivity index (χ0) is 11.1. The van der Waals surface area contributed by atoms with E-state index in [0.717, 1.165) is 19.4 Å².